The Morgan fingerprint density at radius 2 is 1.89 bits per heavy atom. The average molecular weight is 261 g/mol. The molecule has 18 heavy (non-hydrogen) atoms. The molecular weight excluding hydrogens is 243 g/mol. The summed E-state index contributed by atoms with van der Waals surface area (Å²) in [6.07, 6.45) is -4.26. The third-order valence-corrected chi connectivity index (χ3v) is 2.69. The summed E-state index contributed by atoms with van der Waals surface area (Å²) < 4.78 is 37.7. The Morgan fingerprint density at radius 1 is 1.28 bits per heavy atom. The number of nitrogens with zero attached hydrogens (tertiary/aromatic N) is 1. The molecule has 0 amide bonds. The lowest BCUT2D eigenvalue weighted by Gasteiger charge is -2.31. The van der Waals surface area contributed by atoms with E-state index in [0.29, 0.717) is 11.3 Å². The summed E-state index contributed by atoms with van der Waals surface area (Å²) in [6, 6.07) is 4.80. The Labute approximate surface area is 105 Å². The highest BCUT2D eigenvalue weighted by molar-refractivity contribution is 5.55. The molecule has 5 heteroatoms. The molecule has 0 unspecified atom stereocenters. The van der Waals surface area contributed by atoms with Crippen molar-refractivity contribution in [3.05, 3.63) is 29.3 Å². The van der Waals surface area contributed by atoms with Crippen molar-refractivity contribution in [3.63, 3.8) is 0 Å². The summed E-state index contributed by atoms with van der Waals surface area (Å²) in [5, 5.41) is 9.26. The number of aryl methyl sites for hydroxylation is 1. The minimum atomic E-state index is -4.26. The van der Waals surface area contributed by atoms with Crippen molar-refractivity contribution in [1.29, 1.82) is 0 Å². The Bertz CT molecular complexity index is 402. The molecule has 0 saturated heterocycles. The van der Waals surface area contributed by atoms with Gasteiger partial charge in [-0.1, -0.05) is 17.7 Å². The first-order valence-corrected chi connectivity index (χ1v) is 5.78. The van der Waals surface area contributed by atoms with E-state index in [1.54, 1.807) is 32.0 Å². The van der Waals surface area contributed by atoms with Crippen molar-refractivity contribution in [2.75, 3.05) is 11.4 Å². The van der Waals surface area contributed by atoms with E-state index in [1.807, 2.05) is 6.92 Å². The van der Waals surface area contributed by atoms with Crippen LogP contribution in [0.3, 0.4) is 0 Å². The van der Waals surface area contributed by atoms with Gasteiger partial charge in [0.15, 0.2) is 0 Å². The zero-order valence-corrected chi connectivity index (χ0v) is 10.8. The highest BCUT2D eigenvalue weighted by Gasteiger charge is 2.32. The van der Waals surface area contributed by atoms with E-state index in [0.717, 1.165) is 5.56 Å². The summed E-state index contributed by atoms with van der Waals surface area (Å²) in [5.41, 5.74) is 1.88. The SMILES string of the molecule is Cc1ccc(N(CC(F)(F)F)C(C)C)c(CO)c1. The number of aliphatic hydroxyl groups excluding tert-OH is 1. The Balaban J connectivity index is 3.13. The second-order valence-electron chi connectivity index (χ2n) is 4.63. The number of aliphatic hydroxyl groups is 1. The number of alkyl halides is 3. The van der Waals surface area contributed by atoms with Crippen LogP contribution in [0, 0.1) is 6.92 Å². The summed E-state index contributed by atoms with van der Waals surface area (Å²) in [4.78, 5) is 1.25. The van der Waals surface area contributed by atoms with Crippen LogP contribution in [0.2, 0.25) is 0 Å². The van der Waals surface area contributed by atoms with E-state index in [1.165, 1.54) is 4.90 Å². The fourth-order valence-corrected chi connectivity index (χ4v) is 1.86. The molecule has 0 spiro atoms. The van der Waals surface area contributed by atoms with Gasteiger partial charge >= 0.3 is 6.18 Å². The zero-order chi connectivity index (χ0) is 13.9. The molecule has 0 atom stereocenters. The second-order valence-corrected chi connectivity index (χ2v) is 4.63. The molecule has 0 heterocycles. The van der Waals surface area contributed by atoms with Gasteiger partial charge in [0.2, 0.25) is 0 Å². The Hall–Kier alpha value is -1.23. The number of rotatable bonds is 4. The van der Waals surface area contributed by atoms with Gasteiger partial charge in [-0.15, -0.1) is 0 Å². The first-order chi connectivity index (χ1) is 8.24. The van der Waals surface area contributed by atoms with Crippen molar-refractivity contribution in [2.45, 2.75) is 39.6 Å². The molecule has 1 aromatic carbocycles. The molecule has 102 valence electrons. The van der Waals surface area contributed by atoms with E-state index in [2.05, 4.69) is 0 Å². The van der Waals surface area contributed by atoms with Crippen LogP contribution in [0.4, 0.5) is 18.9 Å². The fraction of sp³-hybridized carbons (Fsp3) is 0.538. The maximum atomic E-state index is 12.6. The van der Waals surface area contributed by atoms with E-state index < -0.39 is 12.7 Å². The Morgan fingerprint density at radius 3 is 2.33 bits per heavy atom. The van der Waals surface area contributed by atoms with Crippen molar-refractivity contribution in [2.24, 2.45) is 0 Å². The van der Waals surface area contributed by atoms with Crippen LogP contribution in [0.1, 0.15) is 25.0 Å². The maximum Gasteiger partial charge on any atom is 0.405 e. The predicted octanol–water partition coefficient (Wildman–Crippen LogP) is 3.26. The topological polar surface area (TPSA) is 23.5 Å². The molecule has 0 aliphatic heterocycles. The molecule has 1 rings (SSSR count). The van der Waals surface area contributed by atoms with E-state index >= 15 is 0 Å². The highest BCUT2D eigenvalue weighted by Crippen LogP contribution is 2.28. The molecule has 1 N–H and O–H groups in total. The Kier molecular flexibility index (Phi) is 4.62. The van der Waals surface area contributed by atoms with Crippen LogP contribution >= 0.6 is 0 Å². The van der Waals surface area contributed by atoms with Gasteiger partial charge in [0.25, 0.3) is 0 Å². The molecule has 2 nitrogen and oxygen atoms in total. The molecule has 0 bridgehead atoms. The maximum absolute atomic E-state index is 12.6. The van der Waals surface area contributed by atoms with Gasteiger partial charge in [0.05, 0.1) is 6.61 Å². The van der Waals surface area contributed by atoms with Crippen LogP contribution in [0.25, 0.3) is 0 Å². The second kappa shape index (κ2) is 5.61. The highest BCUT2D eigenvalue weighted by atomic mass is 19.4. The van der Waals surface area contributed by atoms with Crippen molar-refractivity contribution >= 4 is 5.69 Å². The monoisotopic (exact) mass is 261 g/mol. The van der Waals surface area contributed by atoms with Gasteiger partial charge < -0.3 is 10.0 Å². The van der Waals surface area contributed by atoms with Gasteiger partial charge in [-0.3, -0.25) is 0 Å². The van der Waals surface area contributed by atoms with E-state index in [9.17, 15) is 18.3 Å². The lowest BCUT2D eigenvalue weighted by Crippen LogP contribution is -2.39. The summed E-state index contributed by atoms with van der Waals surface area (Å²) in [7, 11) is 0. The molecule has 0 saturated carbocycles. The minimum absolute atomic E-state index is 0.266. The van der Waals surface area contributed by atoms with Crippen LogP contribution in [0.15, 0.2) is 18.2 Å². The average Bonchev–Trinajstić information content (AvgIpc) is 2.24. The van der Waals surface area contributed by atoms with E-state index in [4.69, 9.17) is 0 Å². The largest absolute Gasteiger partial charge is 0.405 e. The van der Waals surface area contributed by atoms with E-state index in [-0.39, 0.29) is 12.6 Å². The first-order valence-electron chi connectivity index (χ1n) is 5.78. The van der Waals surface area contributed by atoms with Crippen LogP contribution in [-0.4, -0.2) is 23.9 Å². The normalized spacial score (nSPS) is 12.0. The standard InChI is InChI=1S/C13H18F3NO/c1-9(2)17(8-13(14,15)16)12-5-4-10(3)6-11(12)7-18/h4-6,9,18H,7-8H2,1-3H3. The van der Waals surface area contributed by atoms with Crippen LogP contribution < -0.4 is 4.90 Å². The van der Waals surface area contributed by atoms with Crippen molar-refractivity contribution in [3.8, 4) is 0 Å². The summed E-state index contributed by atoms with van der Waals surface area (Å²) >= 11 is 0. The first kappa shape index (κ1) is 14.8. The third-order valence-electron chi connectivity index (χ3n) is 2.69. The third kappa shape index (κ3) is 3.91. The number of anilines is 1. The van der Waals surface area contributed by atoms with Crippen LogP contribution in [0.5, 0.6) is 0 Å². The fourth-order valence-electron chi connectivity index (χ4n) is 1.86. The molecule has 0 aliphatic rings. The molecule has 0 aliphatic carbocycles. The van der Waals surface area contributed by atoms with Gasteiger partial charge in [0, 0.05) is 17.3 Å². The summed E-state index contributed by atoms with van der Waals surface area (Å²) in [6.45, 7) is 3.96. The van der Waals surface area contributed by atoms with Crippen LogP contribution in [-0.2, 0) is 6.61 Å². The molecule has 0 aromatic heterocycles. The molecular formula is C13H18F3NO. The van der Waals surface area contributed by atoms with Gasteiger partial charge in [-0.2, -0.15) is 13.2 Å². The van der Waals surface area contributed by atoms with Gasteiger partial charge in [0.1, 0.15) is 6.54 Å². The number of hydrogen-bond acceptors (Lipinski definition) is 2. The zero-order valence-electron chi connectivity index (χ0n) is 10.8. The van der Waals surface area contributed by atoms with Gasteiger partial charge in [-0.05, 0) is 26.8 Å². The lowest BCUT2D eigenvalue weighted by molar-refractivity contribution is -0.120. The van der Waals surface area contributed by atoms with Crippen molar-refractivity contribution in [1.82, 2.24) is 0 Å². The minimum Gasteiger partial charge on any atom is -0.392 e. The van der Waals surface area contributed by atoms with Crippen molar-refractivity contribution < 1.29 is 18.3 Å². The smallest absolute Gasteiger partial charge is 0.392 e. The molecule has 1 aromatic rings. The number of benzene rings is 1. The lowest BCUT2D eigenvalue weighted by atomic mass is 10.1. The molecule has 0 fully saturated rings. The quantitative estimate of drug-likeness (QED) is 0.899. The predicted molar refractivity (Wildman–Crippen MR) is 65.6 cm³/mol. The number of halogens is 3. The summed E-state index contributed by atoms with van der Waals surface area (Å²) in [5.74, 6) is 0. The van der Waals surface area contributed by atoms with Gasteiger partial charge in [-0.25, -0.2) is 0 Å². The molecule has 0 radical (unpaired) electrons. The number of hydrogen-bond donors (Lipinski definition) is 1.